The van der Waals surface area contributed by atoms with E-state index in [0.717, 1.165) is 49.7 Å². The molecular weight excluding hydrogens is 278 g/mol. The standard InChI is InChI=1S/C15H23N7/c1-12-8-15(17-11-16-12)21(3)14-4-6-22(7-5-14)10-13-9-20(2)19-18-13/h8-9,11,14H,4-7,10H2,1-3H3. The molecule has 1 aliphatic heterocycles. The molecule has 3 heterocycles. The maximum Gasteiger partial charge on any atom is 0.132 e. The van der Waals surface area contributed by atoms with Crippen LogP contribution in [0, 0.1) is 6.92 Å². The van der Waals surface area contributed by atoms with Gasteiger partial charge < -0.3 is 4.90 Å². The summed E-state index contributed by atoms with van der Waals surface area (Å²) in [4.78, 5) is 13.3. The van der Waals surface area contributed by atoms with Crippen LogP contribution in [0.15, 0.2) is 18.6 Å². The van der Waals surface area contributed by atoms with E-state index < -0.39 is 0 Å². The highest BCUT2D eigenvalue weighted by molar-refractivity contribution is 5.39. The number of hydrogen-bond acceptors (Lipinski definition) is 6. The monoisotopic (exact) mass is 301 g/mol. The minimum Gasteiger partial charge on any atom is -0.356 e. The van der Waals surface area contributed by atoms with E-state index >= 15 is 0 Å². The van der Waals surface area contributed by atoms with Crippen LogP contribution in [0.5, 0.6) is 0 Å². The van der Waals surface area contributed by atoms with Crippen LogP contribution >= 0.6 is 0 Å². The zero-order chi connectivity index (χ0) is 15.5. The van der Waals surface area contributed by atoms with Crippen molar-refractivity contribution in [2.24, 2.45) is 7.05 Å². The van der Waals surface area contributed by atoms with Crippen LogP contribution in [-0.4, -0.2) is 56.0 Å². The Hall–Kier alpha value is -2.02. The summed E-state index contributed by atoms with van der Waals surface area (Å²) in [6.07, 6.45) is 5.91. The topological polar surface area (TPSA) is 63.0 Å². The molecule has 0 aromatic carbocycles. The van der Waals surface area contributed by atoms with Crippen molar-refractivity contribution < 1.29 is 0 Å². The third-order valence-electron chi connectivity index (χ3n) is 4.29. The Balaban J connectivity index is 1.55. The van der Waals surface area contributed by atoms with Crippen molar-refractivity contribution in [2.75, 3.05) is 25.0 Å². The second-order valence-corrected chi connectivity index (χ2v) is 6.02. The number of anilines is 1. The van der Waals surface area contributed by atoms with Gasteiger partial charge in [0.2, 0.25) is 0 Å². The first-order valence-corrected chi connectivity index (χ1v) is 7.71. The van der Waals surface area contributed by atoms with Gasteiger partial charge in [0.05, 0.1) is 5.69 Å². The summed E-state index contributed by atoms with van der Waals surface area (Å²) in [5.74, 6) is 1.01. The summed E-state index contributed by atoms with van der Waals surface area (Å²) in [5, 5.41) is 8.16. The third-order valence-corrected chi connectivity index (χ3v) is 4.29. The molecule has 0 amide bonds. The van der Waals surface area contributed by atoms with Crippen molar-refractivity contribution in [3.05, 3.63) is 30.0 Å². The first-order valence-electron chi connectivity index (χ1n) is 7.71. The summed E-state index contributed by atoms with van der Waals surface area (Å²) < 4.78 is 1.76. The van der Waals surface area contributed by atoms with Crippen LogP contribution < -0.4 is 4.90 Å². The van der Waals surface area contributed by atoms with Gasteiger partial charge >= 0.3 is 0 Å². The van der Waals surface area contributed by atoms with E-state index in [-0.39, 0.29) is 0 Å². The van der Waals surface area contributed by atoms with E-state index in [1.54, 1.807) is 11.0 Å². The summed E-state index contributed by atoms with van der Waals surface area (Å²) in [6.45, 7) is 5.05. The lowest BCUT2D eigenvalue weighted by molar-refractivity contribution is 0.201. The van der Waals surface area contributed by atoms with Gasteiger partial charge in [0.25, 0.3) is 0 Å². The third kappa shape index (κ3) is 3.41. The van der Waals surface area contributed by atoms with Crippen molar-refractivity contribution in [3.8, 4) is 0 Å². The lowest BCUT2D eigenvalue weighted by Crippen LogP contribution is -2.43. The van der Waals surface area contributed by atoms with Crippen LogP contribution in [0.3, 0.4) is 0 Å². The number of rotatable bonds is 4. The number of aromatic nitrogens is 5. The number of hydrogen-bond donors (Lipinski definition) is 0. The minimum atomic E-state index is 0.535. The summed E-state index contributed by atoms with van der Waals surface area (Å²) in [7, 11) is 4.03. The number of piperidine rings is 1. The molecule has 0 N–H and O–H groups in total. The molecule has 0 radical (unpaired) electrons. The zero-order valence-electron chi connectivity index (χ0n) is 13.5. The van der Waals surface area contributed by atoms with Crippen LogP contribution in [0.4, 0.5) is 5.82 Å². The summed E-state index contributed by atoms with van der Waals surface area (Å²) in [6, 6.07) is 2.58. The average Bonchev–Trinajstić information content (AvgIpc) is 2.92. The van der Waals surface area contributed by atoms with Gasteiger partial charge in [0.1, 0.15) is 12.1 Å². The summed E-state index contributed by atoms with van der Waals surface area (Å²) >= 11 is 0. The Morgan fingerprint density at radius 2 is 2.05 bits per heavy atom. The van der Waals surface area contributed by atoms with Crippen molar-refractivity contribution in [1.82, 2.24) is 29.9 Å². The van der Waals surface area contributed by atoms with E-state index in [1.807, 2.05) is 26.2 Å². The Bertz CT molecular complexity index is 616. The van der Waals surface area contributed by atoms with Gasteiger partial charge in [-0.05, 0) is 19.8 Å². The van der Waals surface area contributed by atoms with Gasteiger partial charge in [0, 0.05) is 57.7 Å². The minimum absolute atomic E-state index is 0.535. The van der Waals surface area contributed by atoms with Gasteiger partial charge in [0.15, 0.2) is 0 Å². The van der Waals surface area contributed by atoms with Crippen molar-refractivity contribution in [3.63, 3.8) is 0 Å². The fourth-order valence-electron chi connectivity index (χ4n) is 2.98. The predicted octanol–water partition coefficient (Wildman–Crippen LogP) is 1.01. The molecule has 0 saturated carbocycles. The molecule has 0 spiro atoms. The molecule has 118 valence electrons. The number of nitrogens with zero attached hydrogens (tertiary/aromatic N) is 7. The molecule has 22 heavy (non-hydrogen) atoms. The number of likely N-dealkylation sites (tertiary alicyclic amines) is 1. The smallest absolute Gasteiger partial charge is 0.132 e. The predicted molar refractivity (Wildman–Crippen MR) is 84.5 cm³/mol. The molecule has 0 bridgehead atoms. The Labute approximate surface area is 131 Å². The maximum atomic E-state index is 4.38. The molecule has 7 heteroatoms. The molecular formula is C15H23N7. The van der Waals surface area contributed by atoms with Crippen LogP contribution in [0.25, 0.3) is 0 Å². The van der Waals surface area contributed by atoms with Crippen molar-refractivity contribution in [2.45, 2.75) is 32.4 Å². The van der Waals surface area contributed by atoms with E-state index in [2.05, 4.69) is 37.1 Å². The highest BCUT2D eigenvalue weighted by atomic mass is 15.4. The van der Waals surface area contributed by atoms with E-state index in [1.165, 1.54) is 0 Å². The number of aryl methyl sites for hydroxylation is 2. The van der Waals surface area contributed by atoms with Crippen molar-refractivity contribution in [1.29, 1.82) is 0 Å². The average molecular weight is 301 g/mol. The quantitative estimate of drug-likeness (QED) is 0.840. The van der Waals surface area contributed by atoms with Gasteiger partial charge in [-0.2, -0.15) is 0 Å². The van der Waals surface area contributed by atoms with Crippen LogP contribution in [0.2, 0.25) is 0 Å². The first-order chi connectivity index (χ1) is 10.6. The molecule has 2 aromatic rings. The zero-order valence-corrected chi connectivity index (χ0v) is 13.5. The highest BCUT2D eigenvalue weighted by Gasteiger charge is 2.23. The lowest BCUT2D eigenvalue weighted by atomic mass is 10.0. The second kappa shape index (κ2) is 6.39. The fourth-order valence-corrected chi connectivity index (χ4v) is 2.98. The Morgan fingerprint density at radius 1 is 1.27 bits per heavy atom. The maximum absolute atomic E-state index is 4.38. The molecule has 1 saturated heterocycles. The van der Waals surface area contributed by atoms with Gasteiger partial charge in [-0.25, -0.2) is 9.97 Å². The van der Waals surface area contributed by atoms with Gasteiger partial charge in [-0.15, -0.1) is 5.10 Å². The van der Waals surface area contributed by atoms with Crippen molar-refractivity contribution >= 4 is 5.82 Å². The molecule has 1 fully saturated rings. The molecule has 7 nitrogen and oxygen atoms in total. The molecule has 0 unspecified atom stereocenters. The highest BCUT2D eigenvalue weighted by Crippen LogP contribution is 2.21. The van der Waals surface area contributed by atoms with E-state index in [4.69, 9.17) is 0 Å². The fraction of sp³-hybridized carbons (Fsp3) is 0.600. The largest absolute Gasteiger partial charge is 0.356 e. The normalized spacial score (nSPS) is 16.9. The Morgan fingerprint density at radius 3 is 2.68 bits per heavy atom. The van der Waals surface area contributed by atoms with E-state index in [9.17, 15) is 0 Å². The van der Waals surface area contributed by atoms with Crippen LogP contribution in [0.1, 0.15) is 24.2 Å². The second-order valence-electron chi connectivity index (χ2n) is 6.02. The molecule has 1 aliphatic rings. The van der Waals surface area contributed by atoms with Gasteiger partial charge in [-0.1, -0.05) is 5.21 Å². The SMILES string of the molecule is Cc1cc(N(C)C2CCN(Cc3cn(C)nn3)CC2)ncn1. The molecule has 0 aliphatic carbocycles. The van der Waals surface area contributed by atoms with E-state index in [0.29, 0.717) is 6.04 Å². The molecule has 3 rings (SSSR count). The van der Waals surface area contributed by atoms with Gasteiger partial charge in [-0.3, -0.25) is 9.58 Å². The lowest BCUT2D eigenvalue weighted by Gasteiger charge is -2.37. The molecule has 0 atom stereocenters. The molecule has 2 aromatic heterocycles. The van der Waals surface area contributed by atoms with Crippen LogP contribution in [-0.2, 0) is 13.6 Å². The first kappa shape index (κ1) is 14.9. The Kier molecular flexibility index (Phi) is 4.33. The summed E-state index contributed by atoms with van der Waals surface area (Å²) in [5.41, 5.74) is 2.05.